The maximum atomic E-state index is 13.7. The van der Waals surface area contributed by atoms with Gasteiger partial charge < -0.3 is 24.3 Å². The highest BCUT2D eigenvalue weighted by Gasteiger charge is 2.38. The molecule has 0 saturated carbocycles. The Morgan fingerprint density at radius 1 is 1.14 bits per heavy atom. The second-order valence-corrected chi connectivity index (χ2v) is 17.1. The van der Waals surface area contributed by atoms with Crippen molar-refractivity contribution < 1.29 is 28.7 Å². The van der Waals surface area contributed by atoms with Gasteiger partial charge >= 0.3 is 5.97 Å². The zero-order valence-electron chi connectivity index (χ0n) is 35.2. The van der Waals surface area contributed by atoms with Crippen LogP contribution in [0.25, 0.3) is 33.4 Å². The number of nitrogens with zero attached hydrogens (tertiary/aromatic N) is 5. The van der Waals surface area contributed by atoms with Crippen LogP contribution in [0.5, 0.6) is 0 Å². The lowest BCUT2D eigenvalue weighted by Crippen LogP contribution is -2.60. The maximum Gasteiger partial charge on any atom is 0.324 e. The summed E-state index contributed by atoms with van der Waals surface area (Å²) in [6.45, 7) is 13.5. The van der Waals surface area contributed by atoms with Gasteiger partial charge in [0.25, 0.3) is 5.91 Å². The van der Waals surface area contributed by atoms with Crippen LogP contribution in [0.2, 0.25) is 0 Å². The molecule has 1 aromatic carbocycles. The number of aromatic nitrogens is 3. The summed E-state index contributed by atoms with van der Waals surface area (Å²) < 4.78 is 14.2. The lowest BCUT2D eigenvalue weighted by atomic mass is 9.84. The first-order chi connectivity index (χ1) is 27.8. The van der Waals surface area contributed by atoms with Crippen molar-refractivity contribution in [2.45, 2.75) is 117 Å². The van der Waals surface area contributed by atoms with Gasteiger partial charge in [0.2, 0.25) is 11.8 Å². The summed E-state index contributed by atoms with van der Waals surface area (Å²) in [5.41, 5.74) is 11.6. The maximum absolute atomic E-state index is 13.7. The van der Waals surface area contributed by atoms with E-state index in [4.69, 9.17) is 14.5 Å². The highest BCUT2D eigenvalue weighted by Crippen LogP contribution is 2.41. The Kier molecular flexibility index (Phi) is 13.7. The number of benzene rings is 1. The first kappa shape index (κ1) is 42.9. The average molecular weight is 814 g/mol. The SMILES string of the molecule is CC[C@H]1C[C@@H](C(=O)N[C@@H](CC)C(=O)N2CCC[C@@H](C(=O)OCC(C)(C)Cc3c(-c4cccnc4[C@H](C)OC)n(CC)c4ccc(-c5cscn5)cc34)N2)CC(=O)N1C. The molecule has 2 N–H and O–H groups in total. The summed E-state index contributed by atoms with van der Waals surface area (Å²) in [7, 11) is 3.47. The van der Waals surface area contributed by atoms with E-state index in [2.05, 4.69) is 70.7 Å². The number of carbonyl (C=O) groups is 4. The summed E-state index contributed by atoms with van der Waals surface area (Å²) in [5, 5.41) is 7.52. The van der Waals surface area contributed by atoms with Gasteiger partial charge in [0, 0.05) is 84.6 Å². The molecule has 58 heavy (non-hydrogen) atoms. The van der Waals surface area contributed by atoms with Crippen LogP contribution in [-0.4, -0.2) is 93.6 Å². The lowest BCUT2D eigenvalue weighted by Gasteiger charge is -2.37. The lowest BCUT2D eigenvalue weighted by molar-refractivity contribution is -0.155. The van der Waals surface area contributed by atoms with Crippen LogP contribution in [0.15, 0.2) is 47.4 Å². The van der Waals surface area contributed by atoms with Crippen LogP contribution in [0.1, 0.15) is 97.4 Å². The van der Waals surface area contributed by atoms with E-state index in [1.807, 2.05) is 32.3 Å². The fraction of sp³-hybridized carbons (Fsp3) is 0.545. The number of hydrogen-bond donors (Lipinski definition) is 2. The average Bonchev–Trinajstić information content (AvgIpc) is 3.88. The predicted octanol–water partition coefficient (Wildman–Crippen LogP) is 6.70. The predicted molar refractivity (Wildman–Crippen MR) is 225 cm³/mol. The number of methoxy groups -OCH3 is 1. The summed E-state index contributed by atoms with van der Waals surface area (Å²) in [4.78, 5) is 64.4. The number of esters is 1. The minimum atomic E-state index is -0.786. The molecule has 3 amide bonds. The Morgan fingerprint density at radius 3 is 2.62 bits per heavy atom. The van der Waals surface area contributed by atoms with Crippen molar-refractivity contribution >= 4 is 45.9 Å². The van der Waals surface area contributed by atoms with Gasteiger partial charge in [0.15, 0.2) is 0 Å². The van der Waals surface area contributed by atoms with E-state index in [-0.39, 0.29) is 42.9 Å². The van der Waals surface area contributed by atoms with Gasteiger partial charge in [-0.3, -0.25) is 29.2 Å². The molecule has 2 aliphatic heterocycles. The topological polar surface area (TPSA) is 148 Å². The normalized spacial score (nSPS) is 19.9. The third-order valence-corrected chi connectivity index (χ3v) is 12.4. The Morgan fingerprint density at radius 2 is 1.93 bits per heavy atom. The van der Waals surface area contributed by atoms with Crippen molar-refractivity contribution in [2.24, 2.45) is 11.3 Å². The Hall–Kier alpha value is -4.66. The van der Waals surface area contributed by atoms with Crippen molar-refractivity contribution in [3.8, 4) is 22.5 Å². The minimum absolute atomic E-state index is 0.00687. The number of pyridine rings is 1. The van der Waals surface area contributed by atoms with Gasteiger partial charge in [-0.15, -0.1) is 11.3 Å². The van der Waals surface area contributed by atoms with Gasteiger partial charge in [0.05, 0.1) is 35.3 Å². The molecule has 0 aliphatic carbocycles. The molecule has 5 heterocycles. The number of thiazole rings is 1. The molecule has 3 aromatic heterocycles. The van der Waals surface area contributed by atoms with E-state index in [0.29, 0.717) is 38.6 Å². The first-order valence-corrected chi connectivity index (χ1v) is 21.6. The highest BCUT2D eigenvalue weighted by atomic mass is 32.1. The fourth-order valence-electron chi connectivity index (χ4n) is 8.40. The molecule has 0 radical (unpaired) electrons. The molecule has 0 bridgehead atoms. The molecular formula is C44H59N7O6S. The van der Waals surface area contributed by atoms with Gasteiger partial charge in [-0.2, -0.15) is 0 Å². The van der Waals surface area contributed by atoms with Crippen LogP contribution >= 0.6 is 11.3 Å². The Labute approximate surface area is 345 Å². The summed E-state index contributed by atoms with van der Waals surface area (Å²) in [6, 6.07) is 9.04. The fourth-order valence-corrected chi connectivity index (χ4v) is 8.96. The summed E-state index contributed by atoms with van der Waals surface area (Å²) in [6.07, 6.45) is 5.09. The second-order valence-electron chi connectivity index (χ2n) is 16.4. The molecular weight excluding hydrogens is 755 g/mol. The molecule has 2 aliphatic rings. The van der Waals surface area contributed by atoms with Gasteiger partial charge in [-0.1, -0.05) is 33.8 Å². The molecule has 2 fully saturated rings. The molecule has 4 aromatic rings. The molecule has 13 nitrogen and oxygen atoms in total. The number of aryl methyl sites for hydroxylation is 1. The Balaban J connectivity index is 1.18. The van der Waals surface area contributed by atoms with Gasteiger partial charge in [0.1, 0.15) is 12.1 Å². The van der Waals surface area contributed by atoms with Crippen LogP contribution in [0, 0.1) is 11.3 Å². The number of hydrogen-bond acceptors (Lipinski definition) is 10. The quantitative estimate of drug-likeness (QED) is 0.125. The monoisotopic (exact) mass is 813 g/mol. The van der Waals surface area contributed by atoms with Crippen molar-refractivity contribution in [1.29, 1.82) is 0 Å². The largest absolute Gasteiger partial charge is 0.464 e. The van der Waals surface area contributed by atoms with E-state index in [1.54, 1.807) is 36.6 Å². The zero-order valence-corrected chi connectivity index (χ0v) is 36.0. The van der Waals surface area contributed by atoms with Crippen LogP contribution < -0.4 is 10.7 Å². The van der Waals surface area contributed by atoms with Crippen molar-refractivity contribution in [3.05, 3.63) is 58.7 Å². The zero-order chi connectivity index (χ0) is 41.7. The van der Waals surface area contributed by atoms with Crippen molar-refractivity contribution in [2.75, 3.05) is 27.3 Å². The van der Waals surface area contributed by atoms with Gasteiger partial charge in [-0.05, 0) is 82.2 Å². The van der Waals surface area contributed by atoms with E-state index >= 15 is 0 Å². The number of likely N-dealkylation sites (tertiary alicyclic amines) is 1. The van der Waals surface area contributed by atoms with Crippen LogP contribution in [0.4, 0.5) is 0 Å². The third kappa shape index (κ3) is 9.14. The number of ether oxygens (including phenoxy) is 2. The number of hydrazine groups is 1. The van der Waals surface area contributed by atoms with Crippen LogP contribution in [0.3, 0.4) is 0 Å². The van der Waals surface area contributed by atoms with Gasteiger partial charge in [-0.25, -0.2) is 10.4 Å². The molecule has 312 valence electrons. The van der Waals surface area contributed by atoms with Crippen molar-refractivity contribution in [1.82, 2.24) is 35.2 Å². The molecule has 5 atom stereocenters. The number of piperidine rings is 1. The van der Waals surface area contributed by atoms with E-state index in [0.717, 1.165) is 57.6 Å². The Bertz CT molecular complexity index is 2100. The van der Waals surface area contributed by atoms with Crippen LogP contribution in [-0.2, 0) is 41.6 Å². The summed E-state index contributed by atoms with van der Waals surface area (Å²) in [5.74, 6) is -1.56. The minimum Gasteiger partial charge on any atom is -0.464 e. The number of nitrogens with one attached hydrogen (secondary N) is 2. The molecule has 0 unspecified atom stereocenters. The smallest absolute Gasteiger partial charge is 0.324 e. The molecule has 6 rings (SSSR count). The van der Waals surface area contributed by atoms with E-state index in [1.165, 1.54) is 5.01 Å². The molecule has 0 spiro atoms. The van der Waals surface area contributed by atoms with E-state index in [9.17, 15) is 19.2 Å². The molecule has 14 heteroatoms. The number of fused-ring (bicyclic) bond motifs is 1. The summed E-state index contributed by atoms with van der Waals surface area (Å²) >= 11 is 1.56. The number of carbonyl (C=O) groups excluding carboxylic acids is 4. The highest BCUT2D eigenvalue weighted by molar-refractivity contribution is 7.07. The third-order valence-electron chi connectivity index (χ3n) is 11.8. The molecule has 2 saturated heterocycles. The first-order valence-electron chi connectivity index (χ1n) is 20.6. The number of rotatable bonds is 15. The standard InChI is InChI=1S/C44H59N7O6S/c1-9-30-20-29(22-38(52)49(30)7)41(53)47-34(10-2)42(54)51-19-13-15-35(48-51)43(55)57-25-44(5,6)23-33-32-21-28(36-24-58-26-46-36)16-17-37(32)50(11-3)40(33)31-14-12-18-45-39(31)27(4)56-8/h12,14,16-18,21,24,26-27,29-30,34-35,48H,9-11,13,15,19-20,22-23,25H2,1-8H3,(H,47,53)/t27-,29+,30-,34-,35-/m0/s1. The van der Waals surface area contributed by atoms with Crippen molar-refractivity contribution in [3.63, 3.8) is 0 Å². The van der Waals surface area contributed by atoms with E-state index < -0.39 is 29.4 Å². The number of amides is 3. The second kappa shape index (κ2) is 18.5.